The minimum absolute atomic E-state index is 0.0658. The molecular weight excluding hydrogens is 274 g/mol. The first-order valence-corrected chi connectivity index (χ1v) is 6.30. The molecule has 0 aliphatic heterocycles. The third-order valence-electron chi connectivity index (χ3n) is 3.02. The second-order valence-corrected chi connectivity index (χ2v) is 4.69. The van der Waals surface area contributed by atoms with Gasteiger partial charge in [0.1, 0.15) is 17.2 Å². The van der Waals surface area contributed by atoms with Crippen LogP contribution in [0.4, 0.5) is 0 Å². The Morgan fingerprint density at radius 3 is 2.50 bits per heavy atom. The molecule has 4 heteroatoms. The molecule has 0 N–H and O–H groups in total. The fourth-order valence-corrected chi connectivity index (χ4v) is 2.17. The Morgan fingerprint density at radius 2 is 1.80 bits per heavy atom. The smallest absolute Gasteiger partial charge is 0.229 e. The van der Waals surface area contributed by atoms with E-state index in [4.69, 9.17) is 16.0 Å². The monoisotopic (exact) mass is 281 g/mol. The zero-order chi connectivity index (χ0) is 14.1. The number of ketones is 1. The summed E-state index contributed by atoms with van der Waals surface area (Å²) in [6.45, 7) is 0. The number of rotatable bonds is 2. The highest BCUT2D eigenvalue weighted by molar-refractivity contribution is 6.30. The lowest BCUT2D eigenvalue weighted by Crippen LogP contribution is -2.01. The van der Waals surface area contributed by atoms with E-state index < -0.39 is 0 Å². The number of para-hydroxylation sites is 1. The van der Waals surface area contributed by atoms with Crippen LogP contribution in [-0.2, 0) is 0 Å². The molecule has 3 nitrogen and oxygen atoms in total. The molecule has 0 unspecified atom stereocenters. The first-order chi connectivity index (χ1) is 9.70. The van der Waals surface area contributed by atoms with Crippen LogP contribution in [0, 0.1) is 11.3 Å². The van der Waals surface area contributed by atoms with Gasteiger partial charge in [0, 0.05) is 16.0 Å². The summed E-state index contributed by atoms with van der Waals surface area (Å²) >= 11 is 5.80. The van der Waals surface area contributed by atoms with Crippen molar-refractivity contribution >= 4 is 28.4 Å². The number of hydrogen-bond donors (Lipinski definition) is 0. The zero-order valence-corrected chi connectivity index (χ0v) is 11.0. The van der Waals surface area contributed by atoms with Crippen LogP contribution < -0.4 is 0 Å². The summed E-state index contributed by atoms with van der Waals surface area (Å²) in [5.74, 6) is -0.259. The van der Waals surface area contributed by atoms with Gasteiger partial charge in [0.2, 0.25) is 5.78 Å². The summed E-state index contributed by atoms with van der Waals surface area (Å²) < 4.78 is 5.53. The number of hydrogen-bond acceptors (Lipinski definition) is 3. The molecular formula is C16H8ClNO2. The van der Waals surface area contributed by atoms with Gasteiger partial charge < -0.3 is 4.42 Å². The van der Waals surface area contributed by atoms with Gasteiger partial charge in [0.15, 0.2) is 5.76 Å². The first-order valence-electron chi connectivity index (χ1n) is 5.92. The zero-order valence-electron chi connectivity index (χ0n) is 10.3. The highest BCUT2D eigenvalue weighted by Gasteiger charge is 2.21. The van der Waals surface area contributed by atoms with Gasteiger partial charge in [-0.2, -0.15) is 5.26 Å². The molecule has 0 amide bonds. The molecule has 20 heavy (non-hydrogen) atoms. The van der Waals surface area contributed by atoms with Gasteiger partial charge in [0.25, 0.3) is 0 Å². The Morgan fingerprint density at radius 1 is 1.10 bits per heavy atom. The quantitative estimate of drug-likeness (QED) is 0.662. The second kappa shape index (κ2) is 4.84. The van der Waals surface area contributed by atoms with E-state index in [9.17, 15) is 10.1 Å². The number of furan rings is 1. The van der Waals surface area contributed by atoms with E-state index in [-0.39, 0.29) is 17.1 Å². The van der Waals surface area contributed by atoms with Gasteiger partial charge in [-0.25, -0.2) is 0 Å². The number of benzene rings is 2. The summed E-state index contributed by atoms with van der Waals surface area (Å²) in [6, 6.07) is 15.6. The van der Waals surface area contributed by atoms with Gasteiger partial charge >= 0.3 is 0 Å². The van der Waals surface area contributed by atoms with Crippen LogP contribution in [-0.4, -0.2) is 5.78 Å². The standard InChI is InChI=1S/C16H8ClNO2/c17-11-7-5-10(6-8-11)15(19)16-13(9-18)12-3-1-2-4-14(12)20-16/h1-8H. The molecule has 0 fully saturated rings. The molecule has 0 spiro atoms. The van der Waals surface area contributed by atoms with E-state index in [0.717, 1.165) is 0 Å². The van der Waals surface area contributed by atoms with Crippen molar-refractivity contribution in [1.82, 2.24) is 0 Å². The van der Waals surface area contributed by atoms with Crippen LogP contribution in [0.25, 0.3) is 11.0 Å². The summed E-state index contributed by atoms with van der Waals surface area (Å²) in [6.07, 6.45) is 0. The van der Waals surface area contributed by atoms with Gasteiger partial charge in [-0.05, 0) is 36.4 Å². The first kappa shape index (κ1) is 12.5. The van der Waals surface area contributed by atoms with Gasteiger partial charge in [-0.3, -0.25) is 4.79 Å². The van der Waals surface area contributed by atoms with E-state index >= 15 is 0 Å². The fourth-order valence-electron chi connectivity index (χ4n) is 2.05. The Labute approximate surface area is 120 Å². The number of fused-ring (bicyclic) bond motifs is 1. The summed E-state index contributed by atoms with van der Waals surface area (Å²) in [5, 5.41) is 10.5. The molecule has 0 saturated heterocycles. The van der Waals surface area contributed by atoms with Crippen LogP contribution >= 0.6 is 11.6 Å². The van der Waals surface area contributed by atoms with Crippen molar-refractivity contribution in [2.45, 2.75) is 0 Å². The van der Waals surface area contributed by atoms with E-state index in [2.05, 4.69) is 0 Å². The molecule has 2 aromatic carbocycles. The third kappa shape index (κ3) is 1.97. The molecule has 0 aliphatic carbocycles. The molecule has 1 heterocycles. The second-order valence-electron chi connectivity index (χ2n) is 4.25. The van der Waals surface area contributed by atoms with Crippen molar-refractivity contribution in [3.05, 3.63) is 70.4 Å². The van der Waals surface area contributed by atoms with Crippen molar-refractivity contribution in [3.8, 4) is 6.07 Å². The molecule has 1 aromatic heterocycles. The Kier molecular flexibility index (Phi) is 3.02. The third-order valence-corrected chi connectivity index (χ3v) is 3.27. The maximum Gasteiger partial charge on any atom is 0.229 e. The lowest BCUT2D eigenvalue weighted by molar-refractivity contribution is 0.101. The van der Waals surface area contributed by atoms with E-state index in [0.29, 0.717) is 21.6 Å². The lowest BCUT2D eigenvalue weighted by Gasteiger charge is -1.98. The predicted octanol–water partition coefficient (Wildman–Crippen LogP) is 4.19. The Balaban J connectivity index is 2.17. The Hall–Kier alpha value is -2.57. The van der Waals surface area contributed by atoms with Crippen LogP contribution in [0.3, 0.4) is 0 Å². The van der Waals surface area contributed by atoms with E-state index in [1.54, 1.807) is 48.5 Å². The highest BCUT2D eigenvalue weighted by atomic mass is 35.5. The van der Waals surface area contributed by atoms with Crippen molar-refractivity contribution in [2.75, 3.05) is 0 Å². The van der Waals surface area contributed by atoms with E-state index in [1.807, 2.05) is 6.07 Å². The Bertz CT molecular complexity index is 841. The van der Waals surface area contributed by atoms with Crippen LogP contribution in [0.2, 0.25) is 5.02 Å². The molecule has 3 rings (SSSR count). The fraction of sp³-hybridized carbons (Fsp3) is 0. The number of halogens is 1. The topological polar surface area (TPSA) is 54.0 Å². The van der Waals surface area contributed by atoms with E-state index in [1.165, 1.54) is 0 Å². The molecule has 0 bridgehead atoms. The maximum atomic E-state index is 12.4. The molecule has 0 saturated carbocycles. The minimum Gasteiger partial charge on any atom is -0.451 e. The van der Waals surface area contributed by atoms with Crippen molar-refractivity contribution in [2.24, 2.45) is 0 Å². The van der Waals surface area contributed by atoms with Gasteiger partial charge in [-0.15, -0.1) is 0 Å². The normalized spacial score (nSPS) is 10.4. The predicted molar refractivity (Wildman–Crippen MR) is 75.8 cm³/mol. The number of carbonyl (C=O) groups is 1. The van der Waals surface area contributed by atoms with Crippen LogP contribution in [0.1, 0.15) is 21.7 Å². The van der Waals surface area contributed by atoms with Gasteiger partial charge in [-0.1, -0.05) is 23.7 Å². The summed E-state index contributed by atoms with van der Waals surface area (Å²) in [4.78, 5) is 12.4. The van der Waals surface area contributed by atoms with Crippen molar-refractivity contribution < 1.29 is 9.21 Å². The molecule has 0 aliphatic rings. The maximum absolute atomic E-state index is 12.4. The summed E-state index contributed by atoms with van der Waals surface area (Å²) in [5.41, 5.74) is 1.23. The van der Waals surface area contributed by atoms with Crippen LogP contribution in [0.15, 0.2) is 52.9 Å². The average Bonchev–Trinajstić information content (AvgIpc) is 2.85. The lowest BCUT2D eigenvalue weighted by atomic mass is 10.0. The van der Waals surface area contributed by atoms with Crippen LogP contribution in [0.5, 0.6) is 0 Å². The summed E-state index contributed by atoms with van der Waals surface area (Å²) in [7, 11) is 0. The molecule has 3 aromatic rings. The van der Waals surface area contributed by atoms with Crippen molar-refractivity contribution in [3.63, 3.8) is 0 Å². The average molecular weight is 282 g/mol. The molecule has 96 valence electrons. The minimum atomic E-state index is -0.325. The highest BCUT2D eigenvalue weighted by Crippen LogP contribution is 2.27. The van der Waals surface area contributed by atoms with Crippen molar-refractivity contribution in [1.29, 1.82) is 5.26 Å². The molecule has 0 atom stereocenters. The SMILES string of the molecule is N#Cc1c(C(=O)c2ccc(Cl)cc2)oc2ccccc12. The number of nitriles is 1. The largest absolute Gasteiger partial charge is 0.451 e. The van der Waals surface area contributed by atoms with Gasteiger partial charge in [0.05, 0.1) is 0 Å². The number of nitrogens with zero attached hydrogens (tertiary/aromatic N) is 1. The number of carbonyl (C=O) groups excluding carboxylic acids is 1. The molecule has 0 radical (unpaired) electrons.